The summed E-state index contributed by atoms with van der Waals surface area (Å²) in [5, 5.41) is 2.94. The van der Waals surface area contributed by atoms with Crippen LogP contribution >= 0.6 is 0 Å². The van der Waals surface area contributed by atoms with Crippen molar-refractivity contribution in [2.45, 2.75) is 26.2 Å². The summed E-state index contributed by atoms with van der Waals surface area (Å²) in [4.78, 5) is 12.7. The molecule has 0 aliphatic rings. The predicted octanol–water partition coefficient (Wildman–Crippen LogP) is 5.04. The van der Waals surface area contributed by atoms with Crippen LogP contribution in [0.4, 0.5) is 4.39 Å². The molecule has 5 heteroatoms. The first-order valence-corrected chi connectivity index (χ1v) is 9.41. The van der Waals surface area contributed by atoms with E-state index in [1.807, 2.05) is 37.3 Å². The minimum atomic E-state index is -0.303. The molecule has 1 N–H and O–H groups in total. The molecule has 0 heterocycles. The molecule has 1 unspecified atom stereocenters. The van der Waals surface area contributed by atoms with Gasteiger partial charge in [-0.3, -0.25) is 4.79 Å². The van der Waals surface area contributed by atoms with E-state index in [4.69, 9.17) is 9.47 Å². The van der Waals surface area contributed by atoms with E-state index >= 15 is 0 Å². The van der Waals surface area contributed by atoms with Gasteiger partial charge in [0.05, 0.1) is 26.4 Å². The number of hydrogen-bond donors (Lipinski definition) is 1. The van der Waals surface area contributed by atoms with Gasteiger partial charge in [-0.2, -0.15) is 0 Å². The second kappa shape index (κ2) is 9.85. The normalized spacial score (nSPS) is 11.7. The molecule has 0 radical (unpaired) electrons. The maximum absolute atomic E-state index is 13.1. The van der Waals surface area contributed by atoms with E-state index in [9.17, 15) is 9.18 Å². The molecule has 3 aromatic carbocycles. The third kappa shape index (κ3) is 5.65. The monoisotopic (exact) mass is 393 g/mol. The van der Waals surface area contributed by atoms with E-state index in [1.165, 1.54) is 12.1 Å². The Balaban J connectivity index is 1.66. The van der Waals surface area contributed by atoms with Crippen molar-refractivity contribution in [3.05, 3.63) is 101 Å². The van der Waals surface area contributed by atoms with E-state index in [1.54, 1.807) is 37.4 Å². The molecule has 29 heavy (non-hydrogen) atoms. The molecule has 0 saturated heterocycles. The van der Waals surface area contributed by atoms with Crippen LogP contribution in [0, 0.1) is 5.82 Å². The van der Waals surface area contributed by atoms with Gasteiger partial charge in [0, 0.05) is 11.1 Å². The van der Waals surface area contributed by atoms with Crippen LogP contribution in [0.2, 0.25) is 0 Å². The van der Waals surface area contributed by atoms with Crippen molar-refractivity contribution >= 4 is 5.91 Å². The Morgan fingerprint density at radius 1 is 1.00 bits per heavy atom. The number of ether oxygens (including phenoxy) is 2. The molecule has 3 rings (SSSR count). The second-order valence-corrected chi connectivity index (χ2v) is 6.75. The summed E-state index contributed by atoms with van der Waals surface area (Å²) in [5.41, 5.74) is 3.22. The van der Waals surface area contributed by atoms with Gasteiger partial charge in [-0.15, -0.1) is 0 Å². The second-order valence-electron chi connectivity index (χ2n) is 6.75. The molecule has 0 aliphatic heterocycles. The van der Waals surface area contributed by atoms with Gasteiger partial charge in [-0.25, -0.2) is 4.39 Å². The number of carbonyl (C=O) groups excluding carboxylic acids is 1. The number of methoxy groups -OCH3 is 1. The summed E-state index contributed by atoms with van der Waals surface area (Å²) in [7, 11) is 1.59. The summed E-state index contributed by atoms with van der Waals surface area (Å²) < 4.78 is 24.3. The molecule has 0 aliphatic carbocycles. The van der Waals surface area contributed by atoms with Gasteiger partial charge >= 0.3 is 0 Å². The first-order valence-electron chi connectivity index (χ1n) is 9.41. The van der Waals surface area contributed by atoms with E-state index < -0.39 is 0 Å². The zero-order valence-electron chi connectivity index (χ0n) is 16.5. The highest BCUT2D eigenvalue weighted by molar-refractivity contribution is 5.94. The highest BCUT2D eigenvalue weighted by Gasteiger charge is 2.14. The fourth-order valence-electron chi connectivity index (χ4n) is 3.00. The number of benzene rings is 3. The fourth-order valence-corrected chi connectivity index (χ4v) is 3.00. The summed E-state index contributed by atoms with van der Waals surface area (Å²) in [6.07, 6.45) is 0. The standard InChI is InChI=1S/C24H24FNO3/c1-17(19-8-11-22(25)12-9-19)26-24(27)20-10-13-23(28-2)21(14-20)16-29-15-18-6-4-3-5-7-18/h3-14,17H,15-16H2,1-2H3,(H,26,27). The van der Waals surface area contributed by atoms with Crippen LogP contribution in [0.5, 0.6) is 5.75 Å². The molecular weight excluding hydrogens is 369 g/mol. The molecule has 150 valence electrons. The van der Waals surface area contributed by atoms with Gasteiger partial charge in [0.25, 0.3) is 5.91 Å². The summed E-state index contributed by atoms with van der Waals surface area (Å²) >= 11 is 0. The first-order chi connectivity index (χ1) is 14.1. The van der Waals surface area contributed by atoms with Crippen molar-refractivity contribution in [1.29, 1.82) is 0 Å². The van der Waals surface area contributed by atoms with Crippen molar-refractivity contribution in [2.75, 3.05) is 7.11 Å². The topological polar surface area (TPSA) is 47.6 Å². The lowest BCUT2D eigenvalue weighted by Gasteiger charge is -2.16. The third-order valence-corrected chi connectivity index (χ3v) is 4.63. The maximum Gasteiger partial charge on any atom is 0.251 e. The Kier molecular flexibility index (Phi) is 6.98. The summed E-state index contributed by atoms with van der Waals surface area (Å²) in [6, 6.07) is 21.0. The minimum absolute atomic E-state index is 0.214. The lowest BCUT2D eigenvalue weighted by atomic mass is 10.1. The van der Waals surface area contributed by atoms with Gasteiger partial charge in [-0.1, -0.05) is 42.5 Å². The van der Waals surface area contributed by atoms with E-state index in [-0.39, 0.29) is 17.8 Å². The average molecular weight is 393 g/mol. The molecule has 1 amide bonds. The van der Waals surface area contributed by atoms with Crippen molar-refractivity contribution in [1.82, 2.24) is 5.32 Å². The van der Waals surface area contributed by atoms with Crippen molar-refractivity contribution < 1.29 is 18.7 Å². The number of carbonyl (C=O) groups is 1. The smallest absolute Gasteiger partial charge is 0.251 e. The summed E-state index contributed by atoms with van der Waals surface area (Å²) in [6.45, 7) is 2.66. The van der Waals surface area contributed by atoms with E-state index in [0.717, 1.165) is 16.7 Å². The zero-order valence-corrected chi connectivity index (χ0v) is 16.5. The van der Waals surface area contributed by atoms with Crippen LogP contribution in [-0.2, 0) is 18.0 Å². The predicted molar refractivity (Wildman–Crippen MR) is 110 cm³/mol. The first kappa shape index (κ1) is 20.6. The van der Waals surface area contributed by atoms with Crippen molar-refractivity contribution in [2.24, 2.45) is 0 Å². The van der Waals surface area contributed by atoms with Gasteiger partial charge < -0.3 is 14.8 Å². The third-order valence-electron chi connectivity index (χ3n) is 4.63. The lowest BCUT2D eigenvalue weighted by Crippen LogP contribution is -2.26. The zero-order chi connectivity index (χ0) is 20.6. The molecular formula is C24H24FNO3. The van der Waals surface area contributed by atoms with E-state index in [0.29, 0.717) is 24.5 Å². The van der Waals surface area contributed by atoms with Gasteiger partial charge in [0.15, 0.2) is 0 Å². The molecule has 1 atom stereocenters. The molecule has 0 aromatic heterocycles. The van der Waals surface area contributed by atoms with Crippen LogP contribution in [0.25, 0.3) is 0 Å². The number of hydrogen-bond acceptors (Lipinski definition) is 3. The van der Waals surface area contributed by atoms with Crippen LogP contribution in [0.3, 0.4) is 0 Å². The fraction of sp³-hybridized carbons (Fsp3) is 0.208. The molecule has 0 saturated carbocycles. The molecule has 3 aromatic rings. The number of amides is 1. The number of halogens is 1. The molecule has 4 nitrogen and oxygen atoms in total. The highest BCUT2D eigenvalue weighted by atomic mass is 19.1. The highest BCUT2D eigenvalue weighted by Crippen LogP contribution is 2.22. The van der Waals surface area contributed by atoms with Gasteiger partial charge in [0.2, 0.25) is 0 Å². The average Bonchev–Trinajstić information content (AvgIpc) is 2.74. The summed E-state index contributed by atoms with van der Waals surface area (Å²) in [5.74, 6) is 0.151. The van der Waals surface area contributed by atoms with Crippen LogP contribution in [0.1, 0.15) is 40.0 Å². The Bertz CT molecular complexity index is 942. The molecule has 0 fully saturated rings. The lowest BCUT2D eigenvalue weighted by molar-refractivity contribution is 0.0937. The van der Waals surface area contributed by atoms with Crippen LogP contribution in [0.15, 0.2) is 72.8 Å². The van der Waals surface area contributed by atoms with Crippen molar-refractivity contribution in [3.8, 4) is 5.75 Å². The van der Waals surface area contributed by atoms with Gasteiger partial charge in [-0.05, 0) is 48.4 Å². The Labute approximate surface area is 170 Å². The van der Waals surface area contributed by atoms with Crippen LogP contribution < -0.4 is 10.1 Å². The number of nitrogens with one attached hydrogen (secondary N) is 1. The maximum atomic E-state index is 13.1. The Morgan fingerprint density at radius 2 is 1.72 bits per heavy atom. The Morgan fingerprint density at radius 3 is 2.41 bits per heavy atom. The largest absolute Gasteiger partial charge is 0.496 e. The minimum Gasteiger partial charge on any atom is -0.496 e. The SMILES string of the molecule is COc1ccc(C(=O)NC(C)c2ccc(F)cc2)cc1COCc1ccccc1. The Hall–Kier alpha value is -3.18. The quantitative estimate of drug-likeness (QED) is 0.583. The molecule has 0 bridgehead atoms. The van der Waals surface area contributed by atoms with E-state index in [2.05, 4.69) is 5.32 Å². The van der Waals surface area contributed by atoms with Gasteiger partial charge in [0.1, 0.15) is 11.6 Å². The number of rotatable bonds is 8. The molecule has 0 spiro atoms. The van der Waals surface area contributed by atoms with Crippen LogP contribution in [-0.4, -0.2) is 13.0 Å². The van der Waals surface area contributed by atoms with Crippen molar-refractivity contribution in [3.63, 3.8) is 0 Å².